The molecule has 1 aromatic carbocycles. The largest absolute Gasteiger partial charge is 0.496 e. The highest BCUT2D eigenvalue weighted by Crippen LogP contribution is 2.39. The molecule has 0 spiro atoms. The second kappa shape index (κ2) is 6.34. The van der Waals surface area contributed by atoms with Gasteiger partial charge in [-0.2, -0.15) is 0 Å². The number of hydrazine groups is 1. The van der Waals surface area contributed by atoms with Crippen molar-refractivity contribution < 1.29 is 4.74 Å². The summed E-state index contributed by atoms with van der Waals surface area (Å²) in [6.45, 7) is 0. The van der Waals surface area contributed by atoms with E-state index in [-0.39, 0.29) is 0 Å². The maximum absolute atomic E-state index is 5.88. The Labute approximate surface area is 127 Å². The number of nitrogens with zero attached hydrogens (tertiary/aromatic N) is 1. The van der Waals surface area contributed by atoms with Gasteiger partial charge in [0.05, 0.1) is 7.11 Å². The molecule has 2 bridgehead atoms. The van der Waals surface area contributed by atoms with Crippen LogP contribution in [-0.2, 0) is 6.42 Å². The van der Waals surface area contributed by atoms with Gasteiger partial charge in [-0.1, -0.05) is 18.2 Å². The Balaban J connectivity index is 1.71. The molecule has 2 fully saturated rings. The van der Waals surface area contributed by atoms with Gasteiger partial charge in [0, 0.05) is 18.1 Å². The second-order valence-electron chi connectivity index (χ2n) is 6.57. The molecule has 2 aliphatic rings. The van der Waals surface area contributed by atoms with E-state index in [1.807, 2.05) is 12.1 Å². The molecule has 3 rings (SSSR count). The summed E-state index contributed by atoms with van der Waals surface area (Å²) < 4.78 is 5.47. The van der Waals surface area contributed by atoms with Crippen molar-refractivity contribution in [3.63, 3.8) is 0 Å². The summed E-state index contributed by atoms with van der Waals surface area (Å²) in [6, 6.07) is 10.1. The van der Waals surface area contributed by atoms with Crippen LogP contribution in [0.2, 0.25) is 0 Å². The van der Waals surface area contributed by atoms with E-state index in [0.717, 1.165) is 24.3 Å². The fourth-order valence-electron chi connectivity index (χ4n) is 4.25. The average molecular weight is 289 g/mol. The standard InChI is InChI=1S/C17H27N3O/c1-20-14-7-8-15(20)10-13(9-14)16(19-18)11-12-5-3-4-6-17(12)21-2/h3-6,13-16,19H,7-11,18H2,1-2H3. The Morgan fingerprint density at radius 1 is 1.29 bits per heavy atom. The lowest BCUT2D eigenvalue weighted by Gasteiger charge is -2.39. The fourth-order valence-corrected chi connectivity index (χ4v) is 4.25. The Kier molecular flexibility index (Phi) is 4.48. The first-order valence-corrected chi connectivity index (χ1v) is 8.03. The van der Waals surface area contributed by atoms with Crippen LogP contribution in [0.4, 0.5) is 0 Å². The van der Waals surface area contributed by atoms with E-state index in [9.17, 15) is 0 Å². The van der Waals surface area contributed by atoms with Crippen LogP contribution in [0.1, 0.15) is 31.2 Å². The van der Waals surface area contributed by atoms with Crippen molar-refractivity contribution in [2.24, 2.45) is 11.8 Å². The van der Waals surface area contributed by atoms with Gasteiger partial charge in [-0.15, -0.1) is 0 Å². The molecule has 1 aromatic rings. The summed E-state index contributed by atoms with van der Waals surface area (Å²) in [6.07, 6.45) is 6.16. The van der Waals surface area contributed by atoms with E-state index in [4.69, 9.17) is 10.6 Å². The zero-order chi connectivity index (χ0) is 14.8. The Morgan fingerprint density at radius 2 is 1.95 bits per heavy atom. The summed E-state index contributed by atoms with van der Waals surface area (Å²) in [4.78, 5) is 2.58. The summed E-state index contributed by atoms with van der Waals surface area (Å²) in [5.41, 5.74) is 4.33. The lowest BCUT2D eigenvalue weighted by atomic mass is 9.82. The summed E-state index contributed by atoms with van der Waals surface area (Å²) >= 11 is 0. The molecule has 0 amide bonds. The fraction of sp³-hybridized carbons (Fsp3) is 0.647. The van der Waals surface area contributed by atoms with Gasteiger partial charge in [0.2, 0.25) is 0 Å². The number of para-hydroxylation sites is 1. The topological polar surface area (TPSA) is 50.5 Å². The monoisotopic (exact) mass is 289 g/mol. The van der Waals surface area contributed by atoms with Crippen molar-refractivity contribution in [1.29, 1.82) is 0 Å². The highest BCUT2D eigenvalue weighted by molar-refractivity contribution is 5.34. The van der Waals surface area contributed by atoms with Crippen molar-refractivity contribution in [3.8, 4) is 5.75 Å². The van der Waals surface area contributed by atoms with Crippen LogP contribution < -0.4 is 16.0 Å². The van der Waals surface area contributed by atoms with Crippen LogP contribution in [0.15, 0.2) is 24.3 Å². The molecule has 116 valence electrons. The summed E-state index contributed by atoms with van der Waals surface area (Å²) in [5, 5.41) is 0. The molecule has 3 atom stereocenters. The molecule has 4 heteroatoms. The van der Waals surface area contributed by atoms with Crippen LogP contribution in [-0.4, -0.2) is 37.2 Å². The van der Waals surface area contributed by atoms with Crippen LogP contribution in [0.3, 0.4) is 0 Å². The minimum absolute atomic E-state index is 0.332. The average Bonchev–Trinajstić information content (AvgIpc) is 2.74. The molecule has 0 radical (unpaired) electrons. The first-order chi connectivity index (χ1) is 10.2. The van der Waals surface area contributed by atoms with E-state index in [0.29, 0.717) is 12.0 Å². The van der Waals surface area contributed by atoms with Gasteiger partial charge in [0.25, 0.3) is 0 Å². The van der Waals surface area contributed by atoms with Crippen molar-refractivity contribution in [1.82, 2.24) is 10.3 Å². The Bertz CT molecular complexity index is 465. The number of hydrogen-bond acceptors (Lipinski definition) is 4. The van der Waals surface area contributed by atoms with Crippen molar-refractivity contribution in [2.45, 2.75) is 50.2 Å². The molecule has 2 saturated heterocycles. The van der Waals surface area contributed by atoms with E-state index in [1.54, 1.807) is 7.11 Å². The lowest BCUT2D eigenvalue weighted by molar-refractivity contribution is 0.112. The van der Waals surface area contributed by atoms with E-state index >= 15 is 0 Å². The Hall–Kier alpha value is -1.10. The van der Waals surface area contributed by atoms with Crippen LogP contribution in [0.5, 0.6) is 5.75 Å². The van der Waals surface area contributed by atoms with Crippen molar-refractivity contribution >= 4 is 0 Å². The molecular weight excluding hydrogens is 262 g/mol. The van der Waals surface area contributed by atoms with Crippen molar-refractivity contribution in [3.05, 3.63) is 29.8 Å². The highest BCUT2D eigenvalue weighted by atomic mass is 16.5. The van der Waals surface area contributed by atoms with Gasteiger partial charge in [0.15, 0.2) is 0 Å². The van der Waals surface area contributed by atoms with Crippen LogP contribution in [0.25, 0.3) is 0 Å². The number of nitrogens with one attached hydrogen (secondary N) is 1. The third-order valence-electron chi connectivity index (χ3n) is 5.55. The molecule has 0 aromatic heterocycles. The van der Waals surface area contributed by atoms with Crippen LogP contribution in [0, 0.1) is 5.92 Å². The summed E-state index contributed by atoms with van der Waals surface area (Å²) in [5.74, 6) is 7.51. The van der Waals surface area contributed by atoms with Gasteiger partial charge in [-0.25, -0.2) is 0 Å². The number of nitrogens with two attached hydrogens (primary N) is 1. The van der Waals surface area contributed by atoms with E-state index in [2.05, 4.69) is 29.5 Å². The number of piperidine rings is 1. The highest BCUT2D eigenvalue weighted by Gasteiger charge is 2.40. The third kappa shape index (κ3) is 2.93. The molecule has 0 aliphatic carbocycles. The second-order valence-corrected chi connectivity index (χ2v) is 6.57. The molecular formula is C17H27N3O. The predicted molar refractivity (Wildman–Crippen MR) is 85.1 cm³/mol. The number of benzene rings is 1. The van der Waals surface area contributed by atoms with Crippen molar-refractivity contribution in [2.75, 3.05) is 14.2 Å². The van der Waals surface area contributed by atoms with Gasteiger partial charge in [-0.3, -0.25) is 11.3 Å². The van der Waals surface area contributed by atoms with Gasteiger partial charge < -0.3 is 9.64 Å². The lowest BCUT2D eigenvalue weighted by Crippen LogP contribution is -2.49. The third-order valence-corrected chi connectivity index (χ3v) is 5.55. The minimum Gasteiger partial charge on any atom is -0.496 e. The minimum atomic E-state index is 0.332. The number of hydrogen-bond donors (Lipinski definition) is 2. The maximum Gasteiger partial charge on any atom is 0.122 e. The van der Waals surface area contributed by atoms with E-state index in [1.165, 1.54) is 31.2 Å². The molecule has 21 heavy (non-hydrogen) atoms. The quantitative estimate of drug-likeness (QED) is 0.642. The maximum atomic E-state index is 5.88. The molecule has 3 unspecified atom stereocenters. The van der Waals surface area contributed by atoms with Gasteiger partial charge in [-0.05, 0) is 56.7 Å². The smallest absolute Gasteiger partial charge is 0.122 e. The number of fused-ring (bicyclic) bond motifs is 2. The van der Waals surface area contributed by atoms with Gasteiger partial charge >= 0.3 is 0 Å². The molecule has 2 heterocycles. The molecule has 2 aliphatic heterocycles. The van der Waals surface area contributed by atoms with Gasteiger partial charge in [0.1, 0.15) is 5.75 Å². The number of methoxy groups -OCH3 is 1. The van der Waals surface area contributed by atoms with Crippen LogP contribution >= 0.6 is 0 Å². The summed E-state index contributed by atoms with van der Waals surface area (Å²) in [7, 11) is 4.02. The molecule has 4 nitrogen and oxygen atoms in total. The Morgan fingerprint density at radius 3 is 2.57 bits per heavy atom. The predicted octanol–water partition coefficient (Wildman–Crippen LogP) is 1.94. The first kappa shape index (κ1) is 14.8. The first-order valence-electron chi connectivity index (χ1n) is 8.03. The zero-order valence-electron chi connectivity index (χ0n) is 13.1. The van der Waals surface area contributed by atoms with E-state index < -0.39 is 0 Å². The SMILES string of the molecule is COc1ccccc1CC(NN)C1CC2CCC(C1)N2C. The number of ether oxygens (including phenoxy) is 1. The molecule has 3 N–H and O–H groups in total. The normalized spacial score (nSPS) is 30.3. The zero-order valence-corrected chi connectivity index (χ0v) is 13.1. The molecule has 0 saturated carbocycles. The number of rotatable bonds is 5.